The highest BCUT2D eigenvalue weighted by atomic mass is 35.5. The van der Waals surface area contributed by atoms with Crippen LogP contribution in [0.5, 0.6) is 0 Å². The maximum Gasteiger partial charge on any atom is 0.237 e. The van der Waals surface area contributed by atoms with Gasteiger partial charge >= 0.3 is 0 Å². The first kappa shape index (κ1) is 14.9. The Bertz CT molecular complexity index is 603. The summed E-state index contributed by atoms with van der Waals surface area (Å²) in [6, 6.07) is 13.1. The van der Waals surface area contributed by atoms with E-state index in [1.165, 1.54) is 23.9 Å². The van der Waals surface area contributed by atoms with Crippen molar-refractivity contribution in [2.75, 3.05) is 5.32 Å². The number of thioether (sulfide) groups is 1. The van der Waals surface area contributed by atoms with Crippen LogP contribution in [0.1, 0.15) is 6.92 Å². The third kappa shape index (κ3) is 4.25. The van der Waals surface area contributed by atoms with Crippen molar-refractivity contribution in [3.05, 3.63) is 59.4 Å². The molecule has 5 heteroatoms. The van der Waals surface area contributed by atoms with Gasteiger partial charge < -0.3 is 5.32 Å². The van der Waals surface area contributed by atoms with Gasteiger partial charge in [-0.2, -0.15) is 0 Å². The highest BCUT2D eigenvalue weighted by Crippen LogP contribution is 2.25. The molecule has 0 saturated carbocycles. The molecule has 1 N–H and O–H groups in total. The number of carbonyl (C=O) groups is 1. The first-order valence-electron chi connectivity index (χ1n) is 6.03. The van der Waals surface area contributed by atoms with Crippen molar-refractivity contribution in [2.24, 2.45) is 0 Å². The van der Waals surface area contributed by atoms with E-state index in [9.17, 15) is 9.18 Å². The Labute approximate surface area is 126 Å². The number of halogens is 2. The first-order chi connectivity index (χ1) is 9.54. The Morgan fingerprint density at radius 3 is 2.60 bits per heavy atom. The number of benzene rings is 2. The Hall–Kier alpha value is -1.52. The van der Waals surface area contributed by atoms with E-state index in [0.717, 1.165) is 4.90 Å². The quantitative estimate of drug-likeness (QED) is 0.836. The molecule has 0 saturated heterocycles. The second-order valence-electron chi connectivity index (χ2n) is 4.21. The highest BCUT2D eigenvalue weighted by molar-refractivity contribution is 8.00. The van der Waals surface area contributed by atoms with E-state index in [4.69, 9.17) is 11.6 Å². The molecule has 104 valence electrons. The average molecular weight is 310 g/mol. The van der Waals surface area contributed by atoms with Gasteiger partial charge in [-0.25, -0.2) is 4.39 Å². The van der Waals surface area contributed by atoms with Gasteiger partial charge in [-0.15, -0.1) is 11.8 Å². The molecule has 2 nitrogen and oxygen atoms in total. The summed E-state index contributed by atoms with van der Waals surface area (Å²) in [7, 11) is 0. The van der Waals surface area contributed by atoms with Crippen LogP contribution >= 0.6 is 23.4 Å². The molecule has 2 aromatic rings. The number of anilines is 1. The highest BCUT2D eigenvalue weighted by Gasteiger charge is 2.14. The van der Waals surface area contributed by atoms with Crippen molar-refractivity contribution in [3.63, 3.8) is 0 Å². The molecule has 0 heterocycles. The lowest BCUT2D eigenvalue weighted by atomic mass is 10.3. The molecule has 0 aliphatic heterocycles. The summed E-state index contributed by atoms with van der Waals surface area (Å²) < 4.78 is 13.0. The Morgan fingerprint density at radius 1 is 1.25 bits per heavy atom. The molecule has 1 atom stereocenters. The standard InChI is InChI=1S/C15H13ClFNOS/c1-10(20-14-7-5-11(16)6-8-14)15(19)18-13-4-2-3-12(17)9-13/h2-10H,1H3,(H,18,19)/t10-/m0/s1. The summed E-state index contributed by atoms with van der Waals surface area (Å²) in [6.45, 7) is 1.80. The minimum Gasteiger partial charge on any atom is -0.325 e. The normalized spacial score (nSPS) is 11.9. The van der Waals surface area contributed by atoms with Crippen molar-refractivity contribution >= 4 is 35.0 Å². The SMILES string of the molecule is C[C@H](Sc1ccc(Cl)cc1)C(=O)Nc1cccc(F)c1. The van der Waals surface area contributed by atoms with Gasteiger partial charge in [0, 0.05) is 15.6 Å². The van der Waals surface area contributed by atoms with E-state index in [2.05, 4.69) is 5.32 Å². The molecule has 2 aromatic carbocycles. The maximum atomic E-state index is 13.0. The third-order valence-corrected chi connectivity index (χ3v) is 3.95. The Morgan fingerprint density at radius 2 is 1.95 bits per heavy atom. The fourth-order valence-electron chi connectivity index (χ4n) is 1.58. The first-order valence-corrected chi connectivity index (χ1v) is 7.29. The molecule has 0 aliphatic rings. The lowest BCUT2D eigenvalue weighted by Gasteiger charge is -2.12. The molecular formula is C15H13ClFNOS. The molecule has 0 radical (unpaired) electrons. The molecule has 0 bridgehead atoms. The summed E-state index contributed by atoms with van der Waals surface area (Å²) >= 11 is 7.23. The van der Waals surface area contributed by atoms with Crippen LogP contribution in [0.15, 0.2) is 53.4 Å². The summed E-state index contributed by atoms with van der Waals surface area (Å²) in [5, 5.41) is 3.05. The molecule has 0 aromatic heterocycles. The lowest BCUT2D eigenvalue weighted by molar-refractivity contribution is -0.115. The number of hydrogen-bond donors (Lipinski definition) is 1. The number of rotatable bonds is 4. The molecule has 2 rings (SSSR count). The number of nitrogens with one attached hydrogen (secondary N) is 1. The van der Waals surface area contributed by atoms with Crippen molar-refractivity contribution in [2.45, 2.75) is 17.1 Å². The number of amides is 1. The second-order valence-corrected chi connectivity index (χ2v) is 6.06. The zero-order valence-corrected chi connectivity index (χ0v) is 12.3. The van der Waals surface area contributed by atoms with E-state index in [1.54, 1.807) is 31.2 Å². The van der Waals surface area contributed by atoms with Gasteiger partial charge in [0.1, 0.15) is 5.82 Å². The monoisotopic (exact) mass is 309 g/mol. The summed E-state index contributed by atoms with van der Waals surface area (Å²) in [5.74, 6) is -0.545. The van der Waals surface area contributed by atoms with Crippen LogP contribution in [0.4, 0.5) is 10.1 Å². The fraction of sp³-hybridized carbons (Fsp3) is 0.133. The van der Waals surface area contributed by atoms with Gasteiger partial charge in [-0.1, -0.05) is 17.7 Å². The average Bonchev–Trinajstić information content (AvgIpc) is 2.41. The third-order valence-electron chi connectivity index (χ3n) is 2.59. The smallest absolute Gasteiger partial charge is 0.237 e. The van der Waals surface area contributed by atoms with E-state index in [0.29, 0.717) is 10.7 Å². The van der Waals surface area contributed by atoms with Crippen LogP contribution in [-0.2, 0) is 4.79 Å². The van der Waals surface area contributed by atoms with Crippen molar-refractivity contribution in [1.82, 2.24) is 0 Å². The van der Waals surface area contributed by atoms with E-state index in [1.807, 2.05) is 12.1 Å². The Kier molecular flexibility index (Phi) is 5.04. The molecule has 0 unspecified atom stereocenters. The van der Waals surface area contributed by atoms with Gasteiger partial charge in [0.05, 0.1) is 5.25 Å². The van der Waals surface area contributed by atoms with Crippen LogP contribution < -0.4 is 5.32 Å². The summed E-state index contributed by atoms with van der Waals surface area (Å²) in [5.41, 5.74) is 0.457. The molecular weight excluding hydrogens is 297 g/mol. The summed E-state index contributed by atoms with van der Waals surface area (Å²) in [6.07, 6.45) is 0. The Balaban J connectivity index is 1.96. The predicted octanol–water partition coefficient (Wildman–Crippen LogP) is 4.60. The van der Waals surface area contributed by atoms with E-state index < -0.39 is 0 Å². The zero-order chi connectivity index (χ0) is 14.5. The van der Waals surface area contributed by atoms with Gasteiger partial charge in [0.2, 0.25) is 5.91 Å². The molecule has 20 heavy (non-hydrogen) atoms. The maximum absolute atomic E-state index is 13.0. The van der Waals surface area contributed by atoms with Crippen molar-refractivity contribution in [3.8, 4) is 0 Å². The second kappa shape index (κ2) is 6.77. The van der Waals surface area contributed by atoms with Gasteiger partial charge in [-0.05, 0) is 49.4 Å². The van der Waals surface area contributed by atoms with E-state index >= 15 is 0 Å². The topological polar surface area (TPSA) is 29.1 Å². The van der Waals surface area contributed by atoms with Crippen LogP contribution in [0, 0.1) is 5.82 Å². The predicted molar refractivity (Wildman–Crippen MR) is 81.8 cm³/mol. The van der Waals surface area contributed by atoms with Crippen molar-refractivity contribution < 1.29 is 9.18 Å². The molecule has 0 spiro atoms. The zero-order valence-electron chi connectivity index (χ0n) is 10.8. The minimum atomic E-state index is -0.374. The molecule has 1 amide bonds. The van der Waals surface area contributed by atoms with Gasteiger partial charge in [0.15, 0.2) is 0 Å². The van der Waals surface area contributed by atoms with Crippen LogP contribution in [0.2, 0.25) is 5.02 Å². The van der Waals surface area contributed by atoms with Crippen molar-refractivity contribution in [1.29, 1.82) is 0 Å². The van der Waals surface area contributed by atoms with Crippen LogP contribution in [0.25, 0.3) is 0 Å². The van der Waals surface area contributed by atoms with Crippen LogP contribution in [-0.4, -0.2) is 11.2 Å². The summed E-state index contributed by atoms with van der Waals surface area (Å²) in [4.78, 5) is 13.0. The van der Waals surface area contributed by atoms with E-state index in [-0.39, 0.29) is 17.0 Å². The van der Waals surface area contributed by atoms with Crippen LogP contribution in [0.3, 0.4) is 0 Å². The van der Waals surface area contributed by atoms with Gasteiger partial charge in [0.25, 0.3) is 0 Å². The minimum absolute atomic E-state index is 0.171. The number of hydrogen-bond acceptors (Lipinski definition) is 2. The molecule has 0 aliphatic carbocycles. The van der Waals surface area contributed by atoms with Gasteiger partial charge in [-0.3, -0.25) is 4.79 Å². The lowest BCUT2D eigenvalue weighted by Crippen LogP contribution is -2.22. The molecule has 0 fully saturated rings. The largest absolute Gasteiger partial charge is 0.325 e. The fourth-order valence-corrected chi connectivity index (χ4v) is 2.57. The number of carbonyl (C=O) groups excluding carboxylic acids is 1.